The Hall–Kier alpha value is -0.820. The van der Waals surface area contributed by atoms with Crippen LogP contribution in [-0.2, 0) is 6.54 Å². The van der Waals surface area contributed by atoms with Crippen LogP contribution in [0.25, 0.3) is 0 Å². The molecule has 0 unspecified atom stereocenters. The highest BCUT2D eigenvalue weighted by molar-refractivity contribution is 7.10. The average Bonchev–Trinajstić information content (AvgIpc) is 2.72. The number of hydrogen-bond donors (Lipinski definition) is 1. The highest BCUT2D eigenvalue weighted by Crippen LogP contribution is 2.20. The largest absolute Gasteiger partial charge is 0.320 e. The molecule has 0 radical (unpaired) electrons. The fourth-order valence-corrected chi connectivity index (χ4v) is 2.69. The van der Waals surface area contributed by atoms with Crippen molar-refractivity contribution in [2.24, 2.45) is 11.7 Å². The first kappa shape index (κ1) is 15.2. The first-order valence-electron chi connectivity index (χ1n) is 6.54. The molecular weight excluding hydrogens is 240 g/mol. The van der Waals surface area contributed by atoms with Gasteiger partial charge >= 0.3 is 0 Å². The number of thiophene rings is 1. The van der Waals surface area contributed by atoms with E-state index < -0.39 is 0 Å². The lowest BCUT2D eigenvalue weighted by molar-refractivity contribution is 0.191. The van der Waals surface area contributed by atoms with Gasteiger partial charge in [-0.15, -0.1) is 11.3 Å². The maximum absolute atomic E-state index is 5.43. The van der Waals surface area contributed by atoms with E-state index in [0.717, 1.165) is 18.7 Å². The molecule has 2 nitrogen and oxygen atoms in total. The number of hydrogen-bond acceptors (Lipinski definition) is 3. The molecule has 0 fully saturated rings. The standard InChI is InChI=1S/C15H24N2S/c1-12(2)10-17(13(3)4)11-15-14(6-5-8-16)7-9-18-15/h7,9,12-13H,8,10-11,16H2,1-4H3. The summed E-state index contributed by atoms with van der Waals surface area (Å²) in [4.78, 5) is 3.86. The van der Waals surface area contributed by atoms with Crippen LogP contribution in [0.5, 0.6) is 0 Å². The predicted octanol–water partition coefficient (Wildman–Crippen LogP) is 2.92. The molecule has 18 heavy (non-hydrogen) atoms. The summed E-state index contributed by atoms with van der Waals surface area (Å²) in [6, 6.07) is 2.65. The van der Waals surface area contributed by atoms with Crippen molar-refractivity contribution >= 4 is 11.3 Å². The van der Waals surface area contributed by atoms with Crippen LogP contribution in [0.15, 0.2) is 11.4 Å². The molecule has 0 atom stereocenters. The van der Waals surface area contributed by atoms with Crippen molar-refractivity contribution in [3.63, 3.8) is 0 Å². The van der Waals surface area contributed by atoms with Gasteiger partial charge in [0.25, 0.3) is 0 Å². The molecule has 3 heteroatoms. The Bertz CT molecular complexity index is 410. The molecular formula is C15H24N2S. The molecule has 0 amide bonds. The Morgan fingerprint density at radius 3 is 2.61 bits per heavy atom. The number of nitrogens with two attached hydrogens (primary N) is 1. The van der Waals surface area contributed by atoms with Crippen molar-refractivity contribution in [3.05, 3.63) is 21.9 Å². The van der Waals surface area contributed by atoms with Gasteiger partial charge in [-0.3, -0.25) is 4.90 Å². The van der Waals surface area contributed by atoms with E-state index in [4.69, 9.17) is 5.73 Å². The molecule has 1 rings (SSSR count). The maximum atomic E-state index is 5.43. The van der Waals surface area contributed by atoms with Crippen LogP contribution in [0.3, 0.4) is 0 Å². The van der Waals surface area contributed by atoms with Gasteiger partial charge in [0.1, 0.15) is 0 Å². The van der Waals surface area contributed by atoms with Gasteiger partial charge in [-0.2, -0.15) is 0 Å². The van der Waals surface area contributed by atoms with E-state index in [-0.39, 0.29) is 0 Å². The van der Waals surface area contributed by atoms with Crippen molar-refractivity contribution in [2.75, 3.05) is 13.1 Å². The molecule has 0 aromatic carbocycles. The first-order valence-corrected chi connectivity index (χ1v) is 7.42. The predicted molar refractivity (Wildman–Crippen MR) is 80.6 cm³/mol. The molecule has 1 aromatic heterocycles. The minimum Gasteiger partial charge on any atom is -0.320 e. The van der Waals surface area contributed by atoms with Gasteiger partial charge in [-0.05, 0) is 31.2 Å². The Balaban J connectivity index is 2.77. The van der Waals surface area contributed by atoms with Gasteiger partial charge in [-0.25, -0.2) is 0 Å². The lowest BCUT2D eigenvalue weighted by atomic mass is 10.1. The molecule has 0 saturated carbocycles. The quantitative estimate of drug-likeness (QED) is 0.829. The number of rotatable bonds is 5. The number of nitrogens with zero attached hydrogens (tertiary/aromatic N) is 1. The minimum absolute atomic E-state index is 0.426. The van der Waals surface area contributed by atoms with Gasteiger partial charge in [0.15, 0.2) is 0 Å². The molecule has 1 aromatic rings. The Morgan fingerprint density at radius 2 is 2.06 bits per heavy atom. The fraction of sp³-hybridized carbons (Fsp3) is 0.600. The summed E-state index contributed by atoms with van der Waals surface area (Å²) in [6.07, 6.45) is 0. The monoisotopic (exact) mass is 264 g/mol. The highest BCUT2D eigenvalue weighted by atomic mass is 32.1. The Kier molecular flexibility index (Phi) is 6.42. The topological polar surface area (TPSA) is 29.3 Å². The van der Waals surface area contributed by atoms with Crippen LogP contribution in [0, 0.1) is 17.8 Å². The van der Waals surface area contributed by atoms with Gasteiger partial charge in [0.2, 0.25) is 0 Å². The van der Waals surface area contributed by atoms with Crippen LogP contribution in [-0.4, -0.2) is 24.0 Å². The molecule has 1 heterocycles. The zero-order valence-electron chi connectivity index (χ0n) is 11.9. The zero-order valence-corrected chi connectivity index (χ0v) is 12.7. The van der Waals surface area contributed by atoms with E-state index in [1.54, 1.807) is 11.3 Å². The Labute approximate surface area is 115 Å². The van der Waals surface area contributed by atoms with Gasteiger partial charge < -0.3 is 5.73 Å². The first-order chi connectivity index (χ1) is 8.54. The summed E-state index contributed by atoms with van der Waals surface area (Å²) in [5, 5.41) is 2.11. The van der Waals surface area contributed by atoms with E-state index in [2.05, 4.69) is 55.9 Å². The third-order valence-corrected chi connectivity index (χ3v) is 3.65. The summed E-state index contributed by atoms with van der Waals surface area (Å²) >= 11 is 1.79. The third-order valence-electron chi connectivity index (χ3n) is 2.75. The molecule has 0 aliphatic rings. The zero-order chi connectivity index (χ0) is 13.5. The molecule has 2 N–H and O–H groups in total. The molecule has 0 spiro atoms. The second-order valence-electron chi connectivity index (χ2n) is 5.18. The molecule has 0 saturated heterocycles. The Morgan fingerprint density at radius 1 is 1.33 bits per heavy atom. The summed E-state index contributed by atoms with van der Waals surface area (Å²) in [5.74, 6) is 6.79. The smallest absolute Gasteiger partial charge is 0.0555 e. The van der Waals surface area contributed by atoms with Crippen molar-refractivity contribution < 1.29 is 0 Å². The van der Waals surface area contributed by atoms with Crippen LogP contribution < -0.4 is 5.73 Å². The fourth-order valence-electron chi connectivity index (χ4n) is 1.83. The van der Waals surface area contributed by atoms with E-state index in [0.29, 0.717) is 18.5 Å². The van der Waals surface area contributed by atoms with E-state index in [1.807, 2.05) is 0 Å². The third kappa shape index (κ3) is 4.81. The van der Waals surface area contributed by atoms with Crippen molar-refractivity contribution in [1.29, 1.82) is 0 Å². The van der Waals surface area contributed by atoms with Crippen molar-refractivity contribution in [1.82, 2.24) is 4.90 Å². The summed E-state index contributed by atoms with van der Waals surface area (Å²) in [5.41, 5.74) is 6.57. The highest BCUT2D eigenvalue weighted by Gasteiger charge is 2.14. The van der Waals surface area contributed by atoms with Gasteiger partial charge in [0.05, 0.1) is 6.54 Å². The second-order valence-corrected chi connectivity index (χ2v) is 6.18. The normalized spacial score (nSPS) is 11.1. The molecule has 0 aliphatic carbocycles. The minimum atomic E-state index is 0.426. The lowest BCUT2D eigenvalue weighted by Gasteiger charge is -2.27. The molecule has 0 aliphatic heterocycles. The van der Waals surface area contributed by atoms with Crippen LogP contribution in [0.2, 0.25) is 0 Å². The summed E-state index contributed by atoms with van der Waals surface area (Å²) < 4.78 is 0. The van der Waals surface area contributed by atoms with E-state index >= 15 is 0 Å². The summed E-state index contributed by atoms with van der Waals surface area (Å²) in [6.45, 7) is 11.6. The maximum Gasteiger partial charge on any atom is 0.0555 e. The molecule has 0 bridgehead atoms. The van der Waals surface area contributed by atoms with E-state index in [9.17, 15) is 0 Å². The summed E-state index contributed by atoms with van der Waals surface area (Å²) in [7, 11) is 0. The van der Waals surface area contributed by atoms with Gasteiger partial charge in [0, 0.05) is 29.6 Å². The van der Waals surface area contributed by atoms with Gasteiger partial charge in [-0.1, -0.05) is 25.7 Å². The van der Waals surface area contributed by atoms with Crippen molar-refractivity contribution in [2.45, 2.75) is 40.3 Å². The molecule has 100 valence electrons. The lowest BCUT2D eigenvalue weighted by Crippen LogP contribution is -2.33. The average molecular weight is 264 g/mol. The van der Waals surface area contributed by atoms with Crippen molar-refractivity contribution in [3.8, 4) is 11.8 Å². The second kappa shape index (κ2) is 7.58. The van der Waals surface area contributed by atoms with E-state index in [1.165, 1.54) is 4.88 Å². The van der Waals surface area contributed by atoms with Crippen LogP contribution in [0.1, 0.15) is 38.1 Å². The van der Waals surface area contributed by atoms with Crippen LogP contribution >= 0.6 is 11.3 Å². The SMILES string of the molecule is CC(C)CN(Cc1sccc1C#CCN)C(C)C. The van der Waals surface area contributed by atoms with Crippen LogP contribution in [0.4, 0.5) is 0 Å².